The highest BCUT2D eigenvalue weighted by Crippen LogP contribution is 2.11. The van der Waals surface area contributed by atoms with E-state index in [1.54, 1.807) is 21.9 Å². The summed E-state index contributed by atoms with van der Waals surface area (Å²) in [5, 5.41) is 0. The fourth-order valence-corrected chi connectivity index (χ4v) is 2.72. The molecule has 1 aromatic rings. The van der Waals surface area contributed by atoms with Crippen LogP contribution in [0, 0.1) is 0 Å². The molecule has 0 spiro atoms. The first kappa shape index (κ1) is 15.4. The Balaban J connectivity index is 1.49. The van der Waals surface area contributed by atoms with Gasteiger partial charge in [0, 0.05) is 32.7 Å². The first-order valence-electron chi connectivity index (χ1n) is 7.67. The average Bonchev–Trinajstić information content (AvgIpc) is 3.11. The predicted molar refractivity (Wildman–Crippen MR) is 78.7 cm³/mol. The van der Waals surface area contributed by atoms with Gasteiger partial charge in [-0.2, -0.15) is 0 Å². The van der Waals surface area contributed by atoms with Gasteiger partial charge in [0.05, 0.1) is 12.9 Å². The van der Waals surface area contributed by atoms with Gasteiger partial charge in [0.2, 0.25) is 5.91 Å². The molecule has 3 heterocycles. The van der Waals surface area contributed by atoms with Crippen LogP contribution in [0.3, 0.4) is 0 Å². The van der Waals surface area contributed by atoms with Crippen molar-refractivity contribution in [3.63, 3.8) is 0 Å². The van der Waals surface area contributed by atoms with Gasteiger partial charge in [0.15, 0.2) is 5.76 Å². The zero-order chi connectivity index (χ0) is 16.2. The monoisotopic (exact) mass is 321 g/mol. The molecule has 3 rings (SSSR count). The highest BCUT2D eigenvalue weighted by molar-refractivity contribution is 5.91. The molecule has 0 unspecified atom stereocenters. The van der Waals surface area contributed by atoms with Crippen LogP contribution >= 0.6 is 0 Å². The molecular formula is C15H19N3O5. The zero-order valence-corrected chi connectivity index (χ0v) is 12.8. The fourth-order valence-electron chi connectivity index (χ4n) is 2.72. The van der Waals surface area contributed by atoms with Gasteiger partial charge in [-0.1, -0.05) is 0 Å². The molecule has 0 aromatic carbocycles. The lowest BCUT2D eigenvalue weighted by atomic mass is 10.2. The quantitative estimate of drug-likeness (QED) is 0.805. The van der Waals surface area contributed by atoms with Crippen LogP contribution in [0.1, 0.15) is 17.0 Å². The number of amides is 3. The highest BCUT2D eigenvalue weighted by atomic mass is 16.6. The van der Waals surface area contributed by atoms with E-state index in [2.05, 4.69) is 0 Å². The molecule has 124 valence electrons. The van der Waals surface area contributed by atoms with Crippen molar-refractivity contribution in [1.29, 1.82) is 0 Å². The van der Waals surface area contributed by atoms with Gasteiger partial charge in [0.25, 0.3) is 5.91 Å². The van der Waals surface area contributed by atoms with Crippen molar-refractivity contribution in [2.45, 2.75) is 6.42 Å². The number of ether oxygens (including phenoxy) is 1. The van der Waals surface area contributed by atoms with E-state index in [0.717, 1.165) is 6.42 Å². The van der Waals surface area contributed by atoms with Gasteiger partial charge < -0.3 is 19.0 Å². The van der Waals surface area contributed by atoms with Crippen molar-refractivity contribution in [3.8, 4) is 0 Å². The van der Waals surface area contributed by atoms with Crippen LogP contribution in [0.5, 0.6) is 0 Å². The third-order valence-electron chi connectivity index (χ3n) is 4.03. The van der Waals surface area contributed by atoms with Crippen LogP contribution in [0.4, 0.5) is 4.79 Å². The van der Waals surface area contributed by atoms with E-state index < -0.39 is 6.09 Å². The van der Waals surface area contributed by atoms with Crippen LogP contribution in [-0.2, 0) is 9.53 Å². The second-order valence-electron chi connectivity index (χ2n) is 5.54. The standard InChI is InChI=1S/C15H19N3O5/c19-13(11-18-4-2-10-23-15(18)21)16-5-7-17(8-6-16)14(20)12-3-1-9-22-12/h1,3,9H,2,4-8,10-11H2. The Morgan fingerprint density at radius 1 is 1.09 bits per heavy atom. The summed E-state index contributed by atoms with van der Waals surface area (Å²) in [6.45, 7) is 2.80. The lowest BCUT2D eigenvalue weighted by Gasteiger charge is -2.35. The summed E-state index contributed by atoms with van der Waals surface area (Å²) in [7, 11) is 0. The van der Waals surface area contributed by atoms with Crippen molar-refractivity contribution in [3.05, 3.63) is 24.2 Å². The zero-order valence-electron chi connectivity index (χ0n) is 12.8. The van der Waals surface area contributed by atoms with Gasteiger partial charge in [-0.05, 0) is 18.6 Å². The van der Waals surface area contributed by atoms with E-state index in [1.165, 1.54) is 11.2 Å². The number of hydrogen-bond donors (Lipinski definition) is 0. The normalized spacial score (nSPS) is 18.8. The van der Waals surface area contributed by atoms with Gasteiger partial charge in [-0.15, -0.1) is 0 Å². The second kappa shape index (κ2) is 6.72. The van der Waals surface area contributed by atoms with E-state index in [0.29, 0.717) is 45.1 Å². The minimum atomic E-state index is -0.434. The third-order valence-corrected chi connectivity index (χ3v) is 4.03. The summed E-state index contributed by atoms with van der Waals surface area (Å²) in [5.41, 5.74) is 0. The molecule has 0 atom stereocenters. The Hall–Kier alpha value is -2.51. The molecule has 1 aromatic heterocycles. The molecule has 0 radical (unpaired) electrons. The second-order valence-corrected chi connectivity index (χ2v) is 5.54. The lowest BCUT2D eigenvalue weighted by Crippen LogP contribution is -2.53. The maximum Gasteiger partial charge on any atom is 0.410 e. The highest BCUT2D eigenvalue weighted by Gasteiger charge is 2.29. The summed E-state index contributed by atoms with van der Waals surface area (Å²) in [5.74, 6) is 0.0245. The molecule has 2 saturated heterocycles. The van der Waals surface area contributed by atoms with Crippen LogP contribution in [0.15, 0.2) is 22.8 Å². The number of nitrogens with zero attached hydrogens (tertiary/aromatic N) is 3. The molecule has 0 N–H and O–H groups in total. The molecule has 0 saturated carbocycles. The van der Waals surface area contributed by atoms with E-state index in [9.17, 15) is 14.4 Å². The Morgan fingerprint density at radius 2 is 1.83 bits per heavy atom. The van der Waals surface area contributed by atoms with Gasteiger partial charge in [0.1, 0.15) is 6.54 Å². The first-order chi connectivity index (χ1) is 11.1. The van der Waals surface area contributed by atoms with Crippen LogP contribution in [-0.4, -0.2) is 78.5 Å². The molecule has 3 amide bonds. The van der Waals surface area contributed by atoms with Gasteiger partial charge in [-0.25, -0.2) is 4.79 Å². The molecule has 2 aliphatic rings. The van der Waals surface area contributed by atoms with E-state index in [1.807, 2.05) is 0 Å². The molecule has 0 aliphatic carbocycles. The summed E-state index contributed by atoms with van der Waals surface area (Å²) in [4.78, 5) is 40.7. The molecule has 8 nitrogen and oxygen atoms in total. The lowest BCUT2D eigenvalue weighted by molar-refractivity contribution is -0.133. The molecule has 0 bridgehead atoms. The van der Waals surface area contributed by atoms with E-state index in [4.69, 9.17) is 9.15 Å². The van der Waals surface area contributed by atoms with Crippen LogP contribution in [0.25, 0.3) is 0 Å². The van der Waals surface area contributed by atoms with Crippen molar-refractivity contribution in [2.75, 3.05) is 45.9 Å². The smallest absolute Gasteiger partial charge is 0.410 e. The van der Waals surface area contributed by atoms with Crippen molar-refractivity contribution in [1.82, 2.24) is 14.7 Å². The maximum atomic E-state index is 12.3. The Labute approximate surface area is 133 Å². The number of hydrogen-bond acceptors (Lipinski definition) is 5. The Kier molecular flexibility index (Phi) is 4.50. The van der Waals surface area contributed by atoms with Gasteiger partial charge in [-0.3, -0.25) is 14.5 Å². The summed E-state index contributed by atoms with van der Waals surface area (Å²) >= 11 is 0. The predicted octanol–water partition coefficient (Wildman–Crippen LogP) is 0.406. The number of piperazine rings is 1. The Morgan fingerprint density at radius 3 is 2.48 bits per heavy atom. The van der Waals surface area contributed by atoms with Crippen molar-refractivity contribution < 1.29 is 23.5 Å². The maximum absolute atomic E-state index is 12.3. The van der Waals surface area contributed by atoms with E-state index in [-0.39, 0.29) is 18.4 Å². The fraction of sp³-hybridized carbons (Fsp3) is 0.533. The summed E-state index contributed by atoms with van der Waals surface area (Å²) in [6.07, 6.45) is 1.77. The minimum Gasteiger partial charge on any atom is -0.459 e. The average molecular weight is 321 g/mol. The SMILES string of the molecule is O=C(CN1CCCOC1=O)N1CCN(C(=O)c2ccco2)CC1. The minimum absolute atomic E-state index is 0.0327. The molecule has 8 heteroatoms. The van der Waals surface area contributed by atoms with Crippen molar-refractivity contribution >= 4 is 17.9 Å². The van der Waals surface area contributed by atoms with Crippen LogP contribution < -0.4 is 0 Å². The largest absolute Gasteiger partial charge is 0.459 e. The summed E-state index contributed by atoms with van der Waals surface area (Å²) < 4.78 is 10.0. The summed E-state index contributed by atoms with van der Waals surface area (Å²) in [6, 6.07) is 3.30. The Bertz CT molecular complexity index is 578. The number of carbonyl (C=O) groups excluding carboxylic acids is 3. The topological polar surface area (TPSA) is 83.3 Å². The molecule has 2 aliphatic heterocycles. The molecule has 2 fully saturated rings. The first-order valence-corrected chi connectivity index (χ1v) is 7.67. The van der Waals surface area contributed by atoms with Crippen molar-refractivity contribution in [2.24, 2.45) is 0 Å². The number of carbonyl (C=O) groups is 3. The molecular weight excluding hydrogens is 302 g/mol. The van der Waals surface area contributed by atoms with Gasteiger partial charge >= 0.3 is 6.09 Å². The van der Waals surface area contributed by atoms with Crippen LogP contribution in [0.2, 0.25) is 0 Å². The van der Waals surface area contributed by atoms with E-state index >= 15 is 0 Å². The molecule has 23 heavy (non-hydrogen) atoms. The number of rotatable bonds is 3. The number of furan rings is 1. The number of cyclic esters (lactones) is 1. The third kappa shape index (κ3) is 3.46.